The Morgan fingerprint density at radius 1 is 1.62 bits per heavy atom. The third-order valence-electron chi connectivity index (χ3n) is 0.869. The van der Waals surface area contributed by atoms with Crippen LogP contribution in [0.1, 0.15) is 13.3 Å². The second-order valence-electron chi connectivity index (χ2n) is 1.55. The summed E-state index contributed by atoms with van der Waals surface area (Å²) >= 11 is 0. The van der Waals surface area contributed by atoms with Crippen molar-refractivity contribution in [1.82, 2.24) is 0 Å². The van der Waals surface area contributed by atoms with E-state index in [2.05, 4.69) is 11.8 Å². The number of ether oxygens (including phenoxy) is 1. The van der Waals surface area contributed by atoms with Crippen molar-refractivity contribution >= 4 is 10.2 Å². The minimum atomic E-state index is 0.842. The van der Waals surface area contributed by atoms with Crippen molar-refractivity contribution in [3.63, 3.8) is 0 Å². The first-order valence-corrected chi connectivity index (χ1v) is 4.26. The molecule has 0 saturated heterocycles. The fourth-order valence-electron chi connectivity index (χ4n) is 0.462. The molecule has 2 heteroatoms. The van der Waals surface area contributed by atoms with Crippen LogP contribution >= 0.6 is 0 Å². The van der Waals surface area contributed by atoms with E-state index in [4.69, 9.17) is 4.74 Å². The molecule has 0 N–H and O–H groups in total. The first-order chi connectivity index (χ1) is 3.91. The van der Waals surface area contributed by atoms with E-state index in [9.17, 15) is 0 Å². The molecule has 0 fully saturated rings. The minimum absolute atomic E-state index is 0.842. The molecule has 0 aliphatic heterocycles. The summed E-state index contributed by atoms with van der Waals surface area (Å²) < 4.78 is 5.10. The van der Waals surface area contributed by atoms with E-state index in [1.54, 1.807) is 0 Å². The maximum absolute atomic E-state index is 5.10. The molecule has 0 amide bonds. The maximum Gasteiger partial charge on any atom is 0.0500 e. The van der Waals surface area contributed by atoms with Crippen molar-refractivity contribution < 1.29 is 4.74 Å². The molecule has 8 heavy (non-hydrogen) atoms. The van der Waals surface area contributed by atoms with Crippen molar-refractivity contribution in [3.8, 4) is 0 Å². The van der Waals surface area contributed by atoms with Gasteiger partial charge in [-0.2, -0.15) is 0 Å². The predicted molar refractivity (Wildman–Crippen MR) is 40.2 cm³/mol. The van der Waals surface area contributed by atoms with Gasteiger partial charge in [0.25, 0.3) is 0 Å². The van der Waals surface area contributed by atoms with E-state index in [1.807, 2.05) is 6.92 Å². The lowest BCUT2D eigenvalue weighted by Gasteiger charge is -1.93. The van der Waals surface area contributed by atoms with Crippen LogP contribution < -0.4 is 0 Å². The van der Waals surface area contributed by atoms with E-state index in [0.717, 1.165) is 19.6 Å². The molecule has 48 valence electrons. The van der Waals surface area contributed by atoms with Crippen molar-refractivity contribution in [2.45, 2.75) is 13.3 Å². The van der Waals surface area contributed by atoms with Crippen LogP contribution in [0.15, 0.2) is 11.8 Å². The standard InChI is InChI=1S/C6H14OSi/c1-2-7-5-3-4-6-8/h4,6H,2-3,5H2,1,8H3. The number of hydrogen-bond acceptors (Lipinski definition) is 1. The lowest BCUT2D eigenvalue weighted by molar-refractivity contribution is 0.152. The van der Waals surface area contributed by atoms with Gasteiger partial charge in [0.1, 0.15) is 0 Å². The molecule has 0 bridgehead atoms. The van der Waals surface area contributed by atoms with Crippen molar-refractivity contribution in [2.75, 3.05) is 13.2 Å². The van der Waals surface area contributed by atoms with Crippen molar-refractivity contribution in [2.24, 2.45) is 0 Å². The fourth-order valence-corrected chi connectivity index (χ4v) is 0.796. The molecule has 0 saturated carbocycles. The lowest BCUT2D eigenvalue weighted by atomic mass is 10.5. The van der Waals surface area contributed by atoms with Gasteiger partial charge < -0.3 is 4.74 Å². The summed E-state index contributed by atoms with van der Waals surface area (Å²) in [7, 11) is 1.17. The van der Waals surface area contributed by atoms with Crippen molar-refractivity contribution in [3.05, 3.63) is 11.8 Å². The zero-order valence-electron chi connectivity index (χ0n) is 5.68. The highest BCUT2D eigenvalue weighted by molar-refractivity contribution is 6.16. The molecule has 0 aromatic heterocycles. The summed E-state index contributed by atoms with van der Waals surface area (Å²) in [6.07, 6.45) is 3.25. The monoisotopic (exact) mass is 130 g/mol. The van der Waals surface area contributed by atoms with Crippen molar-refractivity contribution in [1.29, 1.82) is 0 Å². The topological polar surface area (TPSA) is 9.23 Å². The number of rotatable bonds is 4. The Morgan fingerprint density at radius 2 is 2.38 bits per heavy atom. The molecule has 0 aliphatic carbocycles. The van der Waals surface area contributed by atoms with Gasteiger partial charge in [-0.25, -0.2) is 0 Å². The summed E-state index contributed by atoms with van der Waals surface area (Å²) in [4.78, 5) is 0. The summed E-state index contributed by atoms with van der Waals surface area (Å²) in [5.74, 6) is 0. The van der Waals surface area contributed by atoms with E-state index < -0.39 is 0 Å². The molecule has 0 radical (unpaired) electrons. The van der Waals surface area contributed by atoms with Gasteiger partial charge in [-0.3, -0.25) is 0 Å². The van der Waals surface area contributed by atoms with Gasteiger partial charge in [0, 0.05) is 23.5 Å². The van der Waals surface area contributed by atoms with Gasteiger partial charge in [-0.1, -0.05) is 6.08 Å². The highest BCUT2D eigenvalue weighted by atomic mass is 28.1. The van der Waals surface area contributed by atoms with Gasteiger partial charge in [0.15, 0.2) is 0 Å². The third-order valence-corrected chi connectivity index (χ3v) is 1.34. The molecule has 0 heterocycles. The minimum Gasteiger partial charge on any atom is -0.381 e. The fraction of sp³-hybridized carbons (Fsp3) is 0.667. The van der Waals surface area contributed by atoms with Gasteiger partial charge in [0.05, 0.1) is 0 Å². The lowest BCUT2D eigenvalue weighted by Crippen LogP contribution is -1.90. The quantitative estimate of drug-likeness (QED) is 0.393. The molecule has 0 atom stereocenters. The zero-order valence-corrected chi connectivity index (χ0v) is 7.68. The highest BCUT2D eigenvalue weighted by Crippen LogP contribution is 1.82. The molecule has 1 nitrogen and oxygen atoms in total. The largest absolute Gasteiger partial charge is 0.381 e. The van der Waals surface area contributed by atoms with E-state index in [0.29, 0.717) is 0 Å². The second kappa shape index (κ2) is 6.92. The third kappa shape index (κ3) is 5.92. The Morgan fingerprint density at radius 3 is 2.88 bits per heavy atom. The highest BCUT2D eigenvalue weighted by Gasteiger charge is 1.76. The summed E-state index contributed by atoms with van der Waals surface area (Å²) in [6, 6.07) is 0. The molecule has 0 aliphatic rings. The van der Waals surface area contributed by atoms with Crippen LogP contribution in [0, 0.1) is 0 Å². The molecular formula is C6H14OSi. The first-order valence-electron chi connectivity index (χ1n) is 3.10. The van der Waals surface area contributed by atoms with Crippen LogP contribution in [0.25, 0.3) is 0 Å². The van der Waals surface area contributed by atoms with Crippen LogP contribution in [0.4, 0.5) is 0 Å². The van der Waals surface area contributed by atoms with Gasteiger partial charge in [-0.05, 0) is 13.3 Å². The summed E-state index contributed by atoms with van der Waals surface area (Å²) in [5, 5.41) is 0. The van der Waals surface area contributed by atoms with Gasteiger partial charge in [0.2, 0.25) is 0 Å². The summed E-state index contributed by atoms with van der Waals surface area (Å²) in [5.41, 5.74) is 2.18. The Labute approximate surface area is 54.2 Å². The molecule has 0 spiro atoms. The van der Waals surface area contributed by atoms with Gasteiger partial charge in [-0.15, -0.1) is 5.70 Å². The molecule has 0 rings (SSSR count). The van der Waals surface area contributed by atoms with E-state index in [-0.39, 0.29) is 0 Å². The second-order valence-corrected chi connectivity index (χ2v) is 2.22. The van der Waals surface area contributed by atoms with Gasteiger partial charge >= 0.3 is 0 Å². The predicted octanol–water partition coefficient (Wildman–Crippen LogP) is 0.292. The zero-order chi connectivity index (χ0) is 6.24. The molecule has 0 aromatic carbocycles. The number of hydrogen-bond donors (Lipinski definition) is 0. The maximum atomic E-state index is 5.10. The Hall–Kier alpha value is -0.0831. The Balaban J connectivity index is 2.72. The van der Waals surface area contributed by atoms with Crippen LogP contribution in [-0.4, -0.2) is 23.5 Å². The molecular weight excluding hydrogens is 116 g/mol. The SMILES string of the molecule is CCOCCC=C[SiH3]. The van der Waals surface area contributed by atoms with Crippen LogP contribution in [-0.2, 0) is 4.74 Å². The van der Waals surface area contributed by atoms with Crippen LogP contribution in [0.3, 0.4) is 0 Å². The Kier molecular flexibility index (Phi) is 6.85. The van der Waals surface area contributed by atoms with Crippen LogP contribution in [0.5, 0.6) is 0 Å². The smallest absolute Gasteiger partial charge is 0.0500 e. The first kappa shape index (κ1) is 7.92. The van der Waals surface area contributed by atoms with E-state index in [1.165, 1.54) is 10.2 Å². The van der Waals surface area contributed by atoms with E-state index >= 15 is 0 Å². The average Bonchev–Trinajstić information content (AvgIpc) is 1.81. The average molecular weight is 130 g/mol. The molecule has 0 aromatic rings. The summed E-state index contributed by atoms with van der Waals surface area (Å²) in [6.45, 7) is 3.74. The molecule has 0 unspecified atom stereocenters. The normalized spacial score (nSPS) is 11.1. The van der Waals surface area contributed by atoms with Crippen LogP contribution in [0.2, 0.25) is 0 Å². The Bertz CT molecular complexity index is 61.5.